The fourth-order valence-corrected chi connectivity index (χ4v) is 1.96. The number of halogens is 3. The lowest BCUT2D eigenvalue weighted by molar-refractivity contribution is 0.433. The van der Waals surface area contributed by atoms with Crippen molar-refractivity contribution >= 4 is 15.9 Å². The summed E-state index contributed by atoms with van der Waals surface area (Å²) < 4.78 is 26.9. The lowest BCUT2D eigenvalue weighted by Gasteiger charge is -2.07. The van der Waals surface area contributed by atoms with Crippen LogP contribution in [0.1, 0.15) is 0 Å². The van der Waals surface area contributed by atoms with E-state index in [2.05, 4.69) is 15.9 Å². The Kier molecular flexibility index (Phi) is 2.92. The van der Waals surface area contributed by atoms with Crippen LogP contribution in [-0.2, 0) is 0 Å². The predicted octanol–water partition coefficient (Wildman–Crippen LogP) is 4.10. The Morgan fingerprint density at radius 1 is 0.938 bits per heavy atom. The Balaban J connectivity index is 2.63. The lowest BCUT2D eigenvalue weighted by Crippen LogP contribution is -1.87. The maximum atomic E-state index is 13.7. The van der Waals surface area contributed by atoms with Gasteiger partial charge in [-0.25, -0.2) is 8.78 Å². The van der Waals surface area contributed by atoms with Gasteiger partial charge in [-0.2, -0.15) is 0 Å². The molecular weight excluding hydrogens is 278 g/mol. The molecule has 82 valence electrons. The molecule has 2 aromatic carbocycles. The van der Waals surface area contributed by atoms with E-state index in [9.17, 15) is 13.9 Å². The van der Waals surface area contributed by atoms with Crippen LogP contribution in [0.3, 0.4) is 0 Å². The van der Waals surface area contributed by atoms with Gasteiger partial charge in [0.15, 0.2) is 11.6 Å². The van der Waals surface area contributed by atoms with Crippen molar-refractivity contribution in [2.75, 3.05) is 0 Å². The van der Waals surface area contributed by atoms with Crippen LogP contribution in [0.4, 0.5) is 8.78 Å². The molecule has 0 radical (unpaired) electrons. The van der Waals surface area contributed by atoms with Crippen molar-refractivity contribution in [3.63, 3.8) is 0 Å². The highest BCUT2D eigenvalue weighted by Crippen LogP contribution is 2.35. The molecule has 0 aromatic heterocycles. The van der Waals surface area contributed by atoms with E-state index in [0.717, 1.165) is 0 Å². The van der Waals surface area contributed by atoms with Crippen LogP contribution < -0.4 is 0 Å². The third kappa shape index (κ3) is 1.93. The summed E-state index contributed by atoms with van der Waals surface area (Å²) in [7, 11) is 0. The summed E-state index contributed by atoms with van der Waals surface area (Å²) in [5, 5.41) is 9.27. The predicted molar refractivity (Wildman–Crippen MR) is 61.2 cm³/mol. The van der Waals surface area contributed by atoms with Crippen molar-refractivity contribution in [3.8, 4) is 16.9 Å². The van der Waals surface area contributed by atoms with Crippen LogP contribution in [0.2, 0.25) is 0 Å². The molecule has 0 aliphatic carbocycles. The van der Waals surface area contributed by atoms with Crippen molar-refractivity contribution in [2.24, 2.45) is 0 Å². The highest BCUT2D eigenvalue weighted by atomic mass is 79.9. The molecule has 0 amide bonds. The molecule has 1 nitrogen and oxygen atoms in total. The van der Waals surface area contributed by atoms with Crippen molar-refractivity contribution in [1.82, 2.24) is 0 Å². The first-order valence-corrected chi connectivity index (χ1v) is 5.32. The Morgan fingerprint density at radius 3 is 2.19 bits per heavy atom. The monoisotopic (exact) mass is 284 g/mol. The smallest absolute Gasteiger partial charge is 0.173 e. The molecule has 0 heterocycles. The molecule has 0 saturated heterocycles. The summed E-state index contributed by atoms with van der Waals surface area (Å²) in [5.74, 6) is -1.54. The van der Waals surface area contributed by atoms with E-state index in [1.54, 1.807) is 0 Å². The average molecular weight is 285 g/mol. The van der Waals surface area contributed by atoms with Gasteiger partial charge in [-0.1, -0.05) is 28.1 Å². The molecule has 0 fully saturated rings. The Hall–Kier alpha value is -1.42. The highest BCUT2D eigenvalue weighted by Gasteiger charge is 2.13. The van der Waals surface area contributed by atoms with Gasteiger partial charge in [0.1, 0.15) is 5.82 Å². The molecule has 0 atom stereocenters. The van der Waals surface area contributed by atoms with E-state index in [-0.39, 0.29) is 11.4 Å². The van der Waals surface area contributed by atoms with E-state index in [0.29, 0.717) is 10.0 Å². The summed E-state index contributed by atoms with van der Waals surface area (Å²) in [6.45, 7) is 0. The van der Waals surface area contributed by atoms with Crippen LogP contribution in [0.25, 0.3) is 11.1 Å². The second-order valence-corrected chi connectivity index (χ2v) is 4.12. The number of hydrogen-bond acceptors (Lipinski definition) is 1. The van der Waals surface area contributed by atoms with E-state index in [1.165, 1.54) is 36.4 Å². The molecule has 1 N–H and O–H groups in total. The van der Waals surface area contributed by atoms with Crippen LogP contribution in [0, 0.1) is 11.6 Å². The van der Waals surface area contributed by atoms with Gasteiger partial charge < -0.3 is 5.11 Å². The van der Waals surface area contributed by atoms with E-state index >= 15 is 0 Å². The van der Waals surface area contributed by atoms with Crippen molar-refractivity contribution < 1.29 is 13.9 Å². The zero-order valence-electron chi connectivity index (χ0n) is 8.05. The van der Waals surface area contributed by atoms with Gasteiger partial charge in [-0.3, -0.25) is 0 Å². The van der Waals surface area contributed by atoms with Gasteiger partial charge in [0.2, 0.25) is 0 Å². The number of benzene rings is 2. The van der Waals surface area contributed by atoms with Gasteiger partial charge in [0.05, 0.1) is 0 Å². The standard InChI is InChI=1S/C12H7BrF2O/c13-9-5-6-10(16)12(15)11(9)7-1-3-8(14)4-2-7/h1-6,16H. The fourth-order valence-electron chi connectivity index (χ4n) is 1.42. The minimum Gasteiger partial charge on any atom is -0.505 e. The molecule has 0 spiro atoms. The molecule has 0 saturated carbocycles. The Morgan fingerprint density at radius 2 is 1.56 bits per heavy atom. The molecule has 0 bridgehead atoms. The van der Waals surface area contributed by atoms with Crippen molar-refractivity contribution in [2.45, 2.75) is 0 Å². The second kappa shape index (κ2) is 4.22. The Bertz CT molecular complexity index is 523. The third-order valence-corrected chi connectivity index (χ3v) is 2.86. The van der Waals surface area contributed by atoms with Gasteiger partial charge in [0, 0.05) is 10.0 Å². The van der Waals surface area contributed by atoms with Crippen molar-refractivity contribution in [1.29, 1.82) is 0 Å². The molecule has 0 unspecified atom stereocenters. The molecular formula is C12H7BrF2O. The number of phenolic OH excluding ortho intramolecular Hbond substituents is 1. The van der Waals surface area contributed by atoms with Gasteiger partial charge in [-0.05, 0) is 29.8 Å². The second-order valence-electron chi connectivity index (χ2n) is 3.26. The molecule has 2 aromatic rings. The molecule has 4 heteroatoms. The summed E-state index contributed by atoms with van der Waals surface area (Å²) in [6, 6.07) is 8.19. The average Bonchev–Trinajstić information content (AvgIpc) is 2.27. The normalized spacial score (nSPS) is 10.4. The maximum absolute atomic E-state index is 13.7. The van der Waals surface area contributed by atoms with Gasteiger partial charge in [-0.15, -0.1) is 0 Å². The van der Waals surface area contributed by atoms with Crippen LogP contribution in [0.5, 0.6) is 5.75 Å². The number of phenols is 1. The first kappa shape index (κ1) is 11.1. The molecule has 16 heavy (non-hydrogen) atoms. The van der Waals surface area contributed by atoms with Crippen molar-refractivity contribution in [3.05, 3.63) is 52.5 Å². The minimum atomic E-state index is -0.721. The number of aromatic hydroxyl groups is 1. The summed E-state index contributed by atoms with van der Waals surface area (Å²) in [5.41, 5.74) is 0.724. The van der Waals surface area contributed by atoms with Crippen LogP contribution in [0.15, 0.2) is 40.9 Å². The van der Waals surface area contributed by atoms with Gasteiger partial charge in [0.25, 0.3) is 0 Å². The molecule has 2 rings (SSSR count). The Labute approximate surface area is 99.5 Å². The van der Waals surface area contributed by atoms with E-state index in [1.807, 2.05) is 0 Å². The first-order chi connectivity index (χ1) is 7.59. The third-order valence-electron chi connectivity index (χ3n) is 2.20. The largest absolute Gasteiger partial charge is 0.505 e. The topological polar surface area (TPSA) is 20.2 Å². The zero-order chi connectivity index (χ0) is 11.7. The number of hydrogen-bond donors (Lipinski definition) is 1. The highest BCUT2D eigenvalue weighted by molar-refractivity contribution is 9.10. The summed E-state index contributed by atoms with van der Waals surface area (Å²) >= 11 is 3.19. The van der Waals surface area contributed by atoms with E-state index < -0.39 is 11.6 Å². The lowest BCUT2D eigenvalue weighted by atomic mass is 10.0. The minimum absolute atomic E-state index is 0.222. The first-order valence-electron chi connectivity index (χ1n) is 4.52. The summed E-state index contributed by atoms with van der Waals surface area (Å²) in [4.78, 5) is 0. The van der Waals surface area contributed by atoms with Crippen LogP contribution >= 0.6 is 15.9 Å². The SMILES string of the molecule is Oc1ccc(Br)c(-c2ccc(F)cc2)c1F. The van der Waals surface area contributed by atoms with Crippen LogP contribution in [-0.4, -0.2) is 5.11 Å². The number of rotatable bonds is 1. The fraction of sp³-hybridized carbons (Fsp3) is 0. The quantitative estimate of drug-likeness (QED) is 0.836. The summed E-state index contributed by atoms with van der Waals surface area (Å²) in [6.07, 6.45) is 0. The molecule has 0 aliphatic heterocycles. The van der Waals surface area contributed by atoms with E-state index in [4.69, 9.17) is 0 Å². The maximum Gasteiger partial charge on any atom is 0.173 e. The van der Waals surface area contributed by atoms with Gasteiger partial charge >= 0.3 is 0 Å². The molecule has 0 aliphatic rings. The zero-order valence-corrected chi connectivity index (χ0v) is 9.63.